The van der Waals surface area contributed by atoms with Gasteiger partial charge in [0.2, 0.25) is 0 Å². The van der Waals surface area contributed by atoms with E-state index < -0.39 is 23.4 Å². The second-order valence-corrected chi connectivity index (χ2v) is 12.6. The Hall–Kier alpha value is -3.48. The molecule has 5 rings (SSSR count). The number of aryl methyl sites for hydroxylation is 1. The Labute approximate surface area is 255 Å². The summed E-state index contributed by atoms with van der Waals surface area (Å²) in [6.07, 6.45) is -1.88. The quantitative estimate of drug-likeness (QED) is 0.330. The number of benzene rings is 1. The summed E-state index contributed by atoms with van der Waals surface area (Å²) in [6.45, 7) is 12.5. The molecule has 2 aliphatic heterocycles. The number of carbonyl (C=O) groups is 1. The first-order valence-corrected chi connectivity index (χ1v) is 14.9. The van der Waals surface area contributed by atoms with Crippen molar-refractivity contribution in [1.29, 1.82) is 0 Å². The zero-order chi connectivity index (χ0) is 31.6. The van der Waals surface area contributed by atoms with Gasteiger partial charge in [-0.2, -0.15) is 23.0 Å². The molecule has 2 fully saturated rings. The Morgan fingerprint density at radius 2 is 1.98 bits per heavy atom. The van der Waals surface area contributed by atoms with Gasteiger partial charge in [0, 0.05) is 49.6 Å². The van der Waals surface area contributed by atoms with E-state index in [1.807, 2.05) is 38.1 Å². The van der Waals surface area contributed by atoms with Gasteiger partial charge in [0.15, 0.2) is 0 Å². The van der Waals surface area contributed by atoms with Crippen LogP contribution in [0.2, 0.25) is 0 Å². The van der Waals surface area contributed by atoms with Crippen LogP contribution in [0.4, 0.5) is 23.7 Å². The van der Waals surface area contributed by atoms with Gasteiger partial charge in [-0.3, -0.25) is 9.88 Å². The van der Waals surface area contributed by atoms with Crippen LogP contribution >= 0.6 is 0 Å². The average Bonchev–Trinajstić information content (AvgIpc) is 3.30. The Morgan fingerprint density at radius 3 is 2.64 bits per heavy atom. The lowest BCUT2D eigenvalue weighted by Crippen LogP contribution is -2.40. The zero-order valence-corrected chi connectivity index (χ0v) is 25.8. The first-order chi connectivity index (χ1) is 20.8. The smallest absolute Gasteiger partial charge is 0.435 e. The van der Waals surface area contributed by atoms with E-state index in [-0.39, 0.29) is 30.2 Å². The van der Waals surface area contributed by atoms with E-state index in [0.29, 0.717) is 50.7 Å². The van der Waals surface area contributed by atoms with Crippen molar-refractivity contribution in [1.82, 2.24) is 19.7 Å². The van der Waals surface area contributed by atoms with Gasteiger partial charge in [-0.05, 0) is 69.5 Å². The summed E-state index contributed by atoms with van der Waals surface area (Å²) >= 11 is 0. The highest BCUT2D eigenvalue weighted by atomic mass is 19.4. The highest BCUT2D eigenvalue weighted by Crippen LogP contribution is 2.38. The zero-order valence-electron chi connectivity index (χ0n) is 25.8. The molecule has 0 bridgehead atoms. The number of halogens is 3. The number of nitrogens with one attached hydrogen (secondary N) is 1. The molecule has 0 spiro atoms. The number of morpholine rings is 1. The molecule has 0 radical (unpaired) electrons. The highest BCUT2D eigenvalue weighted by Gasteiger charge is 2.36. The van der Waals surface area contributed by atoms with Gasteiger partial charge in [0.25, 0.3) is 0 Å². The number of ether oxygens (including phenoxy) is 3. The number of alkyl halides is 3. The normalized spacial score (nSPS) is 19.0. The van der Waals surface area contributed by atoms with E-state index in [1.54, 1.807) is 27.0 Å². The largest absolute Gasteiger partial charge is 0.442 e. The van der Waals surface area contributed by atoms with Crippen LogP contribution in [-0.4, -0.2) is 70.4 Å². The molecular formula is C32H40F3N5O4. The summed E-state index contributed by atoms with van der Waals surface area (Å²) in [6, 6.07) is 8.74. The topological polar surface area (TPSA) is 90.7 Å². The molecule has 2 saturated heterocycles. The lowest BCUT2D eigenvalue weighted by atomic mass is 9.81. The molecule has 4 heterocycles. The summed E-state index contributed by atoms with van der Waals surface area (Å²) in [5, 5.41) is 7.76. The minimum atomic E-state index is -4.54. The van der Waals surface area contributed by atoms with Crippen molar-refractivity contribution >= 4 is 11.8 Å². The summed E-state index contributed by atoms with van der Waals surface area (Å²) < 4.78 is 60.1. The number of nitrogens with zero attached hydrogens (tertiary/aromatic N) is 4. The van der Waals surface area contributed by atoms with Crippen molar-refractivity contribution in [3.8, 4) is 0 Å². The minimum absolute atomic E-state index is 0.0408. The second-order valence-electron chi connectivity index (χ2n) is 12.6. The standard InChI is InChI=1S/C32H40F3N5O4/c1-20-15-40(30(41)44-31(3,4)5)38-29(20)28(24-18-42-19-24)23-7-6-8-25(12-23)36-14-27-26(32(33,34)35)11-22(13-37-27)17-39-9-10-43-21(2)16-39/h6-8,11-13,15,21,24,28,36H,9-10,14,16-19H2,1-5H3/t21-,28?/m1/s1. The van der Waals surface area contributed by atoms with E-state index in [0.717, 1.165) is 16.8 Å². The van der Waals surface area contributed by atoms with Gasteiger partial charge >= 0.3 is 12.3 Å². The van der Waals surface area contributed by atoms with Crippen LogP contribution in [0.25, 0.3) is 0 Å². The molecule has 44 heavy (non-hydrogen) atoms. The Morgan fingerprint density at radius 1 is 1.20 bits per heavy atom. The maximum Gasteiger partial charge on any atom is 0.435 e. The molecule has 3 aromatic rings. The van der Waals surface area contributed by atoms with E-state index in [1.165, 1.54) is 16.9 Å². The fourth-order valence-electron chi connectivity index (χ4n) is 5.61. The lowest BCUT2D eigenvalue weighted by Gasteiger charge is -2.33. The molecule has 2 aliphatic rings. The van der Waals surface area contributed by atoms with Crippen molar-refractivity contribution < 1.29 is 32.2 Å². The fraction of sp³-hybridized carbons (Fsp3) is 0.531. The van der Waals surface area contributed by atoms with E-state index in [4.69, 9.17) is 14.2 Å². The second kappa shape index (κ2) is 12.9. The number of pyridine rings is 1. The van der Waals surface area contributed by atoms with Crippen LogP contribution in [0, 0.1) is 12.8 Å². The number of rotatable bonds is 8. The molecule has 12 heteroatoms. The van der Waals surface area contributed by atoms with Crippen LogP contribution in [0.5, 0.6) is 0 Å². The van der Waals surface area contributed by atoms with Gasteiger partial charge in [0.1, 0.15) is 5.60 Å². The number of hydrogen-bond acceptors (Lipinski definition) is 8. The summed E-state index contributed by atoms with van der Waals surface area (Å²) in [5.41, 5.74) is 2.16. The van der Waals surface area contributed by atoms with Crippen molar-refractivity contribution in [2.45, 2.75) is 71.5 Å². The molecule has 2 aromatic heterocycles. The molecule has 1 aromatic carbocycles. The summed E-state index contributed by atoms with van der Waals surface area (Å²) in [5.74, 6) is -0.0494. The molecule has 0 aliphatic carbocycles. The van der Waals surface area contributed by atoms with Gasteiger partial charge in [-0.1, -0.05) is 12.1 Å². The summed E-state index contributed by atoms with van der Waals surface area (Å²) in [4.78, 5) is 19.0. The minimum Gasteiger partial charge on any atom is -0.442 e. The maximum absolute atomic E-state index is 14.1. The van der Waals surface area contributed by atoms with Crippen molar-refractivity contribution in [3.63, 3.8) is 0 Å². The number of hydrogen-bond donors (Lipinski definition) is 1. The number of aromatic nitrogens is 3. The molecule has 1 unspecified atom stereocenters. The molecule has 238 valence electrons. The predicted octanol–water partition coefficient (Wildman–Crippen LogP) is 6.00. The van der Waals surface area contributed by atoms with Crippen LogP contribution in [0.3, 0.4) is 0 Å². The summed E-state index contributed by atoms with van der Waals surface area (Å²) in [7, 11) is 0. The van der Waals surface area contributed by atoms with Crippen molar-refractivity contribution in [2.24, 2.45) is 5.92 Å². The lowest BCUT2D eigenvalue weighted by molar-refractivity contribution is -0.138. The monoisotopic (exact) mass is 615 g/mol. The number of carbonyl (C=O) groups excluding carboxylic acids is 1. The molecule has 1 N–H and O–H groups in total. The van der Waals surface area contributed by atoms with Gasteiger partial charge in [-0.15, -0.1) is 0 Å². The van der Waals surface area contributed by atoms with Crippen LogP contribution in [0.1, 0.15) is 67.3 Å². The number of anilines is 1. The van der Waals surface area contributed by atoms with Gasteiger partial charge in [-0.25, -0.2) is 4.79 Å². The SMILES string of the molecule is Cc1cn(C(=O)OC(C)(C)C)nc1C(c1cccc(NCc2ncc(CN3CCO[C@H](C)C3)cc2C(F)(F)F)c1)C1COC1. The highest BCUT2D eigenvalue weighted by molar-refractivity contribution is 5.70. The average molecular weight is 616 g/mol. The first kappa shape index (κ1) is 31.9. The molecule has 9 nitrogen and oxygen atoms in total. The molecule has 0 saturated carbocycles. The van der Waals surface area contributed by atoms with Crippen molar-refractivity contribution in [2.75, 3.05) is 38.2 Å². The fourth-order valence-corrected chi connectivity index (χ4v) is 5.61. The third-order valence-electron chi connectivity index (χ3n) is 7.72. The molecular weight excluding hydrogens is 575 g/mol. The van der Waals surface area contributed by atoms with Crippen LogP contribution in [-0.2, 0) is 33.5 Å². The third kappa shape index (κ3) is 7.77. The third-order valence-corrected chi connectivity index (χ3v) is 7.72. The van der Waals surface area contributed by atoms with Crippen LogP contribution < -0.4 is 5.32 Å². The van der Waals surface area contributed by atoms with Crippen LogP contribution in [0.15, 0.2) is 42.7 Å². The van der Waals surface area contributed by atoms with E-state index >= 15 is 0 Å². The van der Waals surface area contributed by atoms with E-state index in [2.05, 4.69) is 20.3 Å². The van der Waals surface area contributed by atoms with E-state index in [9.17, 15) is 18.0 Å². The van der Waals surface area contributed by atoms with Gasteiger partial charge < -0.3 is 19.5 Å². The van der Waals surface area contributed by atoms with Gasteiger partial charge in [0.05, 0.1) is 49.4 Å². The Balaban J connectivity index is 1.35. The molecule has 2 atom stereocenters. The predicted molar refractivity (Wildman–Crippen MR) is 158 cm³/mol. The van der Waals surface area contributed by atoms with Crippen molar-refractivity contribution in [3.05, 3.63) is 76.4 Å². The Bertz CT molecular complexity index is 1460. The Kier molecular flexibility index (Phi) is 9.33. The molecule has 0 amide bonds. The first-order valence-electron chi connectivity index (χ1n) is 14.9. The maximum atomic E-state index is 14.1.